The van der Waals surface area contributed by atoms with Gasteiger partial charge in [0.15, 0.2) is 5.60 Å². The summed E-state index contributed by atoms with van der Waals surface area (Å²) in [6, 6.07) is 15.1. The summed E-state index contributed by atoms with van der Waals surface area (Å²) >= 11 is 2.23. The van der Waals surface area contributed by atoms with Gasteiger partial charge in [-0.2, -0.15) is 0 Å². The molecule has 96 valence electrons. The molecule has 0 spiro atoms. The summed E-state index contributed by atoms with van der Waals surface area (Å²) in [5.41, 5.74) is 0.817. The second-order valence-electron chi connectivity index (χ2n) is 4.66. The third kappa shape index (κ3) is 2.15. The van der Waals surface area contributed by atoms with Crippen LogP contribution in [0.5, 0.6) is 0 Å². The summed E-state index contributed by atoms with van der Waals surface area (Å²) in [4.78, 5) is 12.1. The van der Waals surface area contributed by atoms with E-state index in [0.29, 0.717) is 11.3 Å². The molecule has 0 radical (unpaired) electrons. The Morgan fingerprint density at radius 2 is 1.79 bits per heavy atom. The van der Waals surface area contributed by atoms with Crippen LogP contribution in [0.15, 0.2) is 48.5 Å². The Morgan fingerprint density at radius 3 is 2.53 bits per heavy atom. The molecule has 0 fully saturated rings. The molecule has 0 aliphatic carbocycles. The van der Waals surface area contributed by atoms with Gasteiger partial charge in [-0.15, -0.1) is 0 Å². The van der Waals surface area contributed by atoms with Crippen LogP contribution < -0.4 is 5.32 Å². The monoisotopic (exact) mass is 365 g/mol. The van der Waals surface area contributed by atoms with Crippen molar-refractivity contribution >= 4 is 34.2 Å². The van der Waals surface area contributed by atoms with E-state index >= 15 is 0 Å². The number of carbonyl (C=O) groups excluding carboxylic acids is 1. The van der Waals surface area contributed by atoms with Crippen LogP contribution in [-0.4, -0.2) is 11.0 Å². The Morgan fingerprint density at radius 1 is 1.11 bits per heavy atom. The van der Waals surface area contributed by atoms with Crippen LogP contribution in [0.4, 0.5) is 5.69 Å². The molecule has 3 rings (SSSR count). The molecule has 19 heavy (non-hydrogen) atoms. The predicted molar refractivity (Wildman–Crippen MR) is 81.8 cm³/mol. The fourth-order valence-corrected chi connectivity index (χ4v) is 2.73. The van der Waals surface area contributed by atoms with Gasteiger partial charge in [-0.1, -0.05) is 30.3 Å². The number of hydrogen-bond donors (Lipinski definition) is 2. The Labute approximate surface area is 124 Å². The topological polar surface area (TPSA) is 49.3 Å². The summed E-state index contributed by atoms with van der Waals surface area (Å²) in [6.07, 6.45) is 0.284. The van der Waals surface area contributed by atoms with Gasteiger partial charge in [0.2, 0.25) is 0 Å². The Hall–Kier alpha value is -1.40. The van der Waals surface area contributed by atoms with E-state index in [2.05, 4.69) is 27.9 Å². The summed E-state index contributed by atoms with van der Waals surface area (Å²) < 4.78 is 1.13. The molecular weight excluding hydrogens is 353 g/mol. The van der Waals surface area contributed by atoms with Gasteiger partial charge < -0.3 is 10.4 Å². The summed E-state index contributed by atoms with van der Waals surface area (Å²) in [6.45, 7) is 0. The fraction of sp³-hybridized carbons (Fsp3) is 0.133. The van der Waals surface area contributed by atoms with Crippen molar-refractivity contribution in [1.29, 1.82) is 0 Å². The van der Waals surface area contributed by atoms with Crippen LogP contribution in [0.1, 0.15) is 11.1 Å². The normalized spacial score (nSPS) is 21.1. The van der Waals surface area contributed by atoms with Gasteiger partial charge >= 0.3 is 0 Å². The molecule has 2 aromatic carbocycles. The third-order valence-electron chi connectivity index (χ3n) is 3.37. The van der Waals surface area contributed by atoms with Gasteiger partial charge in [0.1, 0.15) is 0 Å². The van der Waals surface area contributed by atoms with Crippen LogP contribution in [0.3, 0.4) is 0 Å². The number of halogens is 1. The number of nitrogens with one attached hydrogen (secondary N) is 1. The maximum Gasteiger partial charge on any atom is 0.261 e. The molecule has 1 atom stereocenters. The first-order valence-electron chi connectivity index (χ1n) is 5.97. The number of benzene rings is 2. The zero-order chi connectivity index (χ0) is 13.5. The van der Waals surface area contributed by atoms with Crippen molar-refractivity contribution in [3.8, 4) is 0 Å². The van der Waals surface area contributed by atoms with Gasteiger partial charge in [-0.05, 0) is 46.4 Å². The van der Waals surface area contributed by atoms with Gasteiger partial charge in [0.05, 0.1) is 0 Å². The van der Waals surface area contributed by atoms with E-state index in [4.69, 9.17) is 0 Å². The smallest absolute Gasteiger partial charge is 0.261 e. The number of aliphatic hydroxyl groups is 1. The molecule has 2 aromatic rings. The molecule has 0 bridgehead atoms. The lowest BCUT2D eigenvalue weighted by Gasteiger charge is -2.20. The lowest BCUT2D eigenvalue weighted by atomic mass is 9.88. The summed E-state index contributed by atoms with van der Waals surface area (Å²) in [5.74, 6) is -0.354. The Kier molecular flexibility index (Phi) is 3.06. The minimum atomic E-state index is -1.47. The van der Waals surface area contributed by atoms with Crippen molar-refractivity contribution < 1.29 is 9.90 Å². The van der Waals surface area contributed by atoms with Crippen LogP contribution in [0.25, 0.3) is 0 Å². The van der Waals surface area contributed by atoms with Crippen molar-refractivity contribution in [2.24, 2.45) is 0 Å². The van der Waals surface area contributed by atoms with E-state index in [-0.39, 0.29) is 12.3 Å². The number of amides is 1. The van der Waals surface area contributed by atoms with Crippen molar-refractivity contribution in [1.82, 2.24) is 0 Å². The molecule has 0 saturated carbocycles. The molecule has 4 heteroatoms. The minimum Gasteiger partial charge on any atom is -0.375 e. The summed E-state index contributed by atoms with van der Waals surface area (Å²) in [7, 11) is 0. The molecule has 1 heterocycles. The van der Waals surface area contributed by atoms with E-state index < -0.39 is 5.60 Å². The van der Waals surface area contributed by atoms with Crippen molar-refractivity contribution in [2.45, 2.75) is 12.0 Å². The molecule has 1 unspecified atom stereocenters. The average Bonchev–Trinajstić information content (AvgIpc) is 2.65. The molecule has 0 aromatic heterocycles. The average molecular weight is 365 g/mol. The summed E-state index contributed by atoms with van der Waals surface area (Å²) in [5, 5.41) is 13.4. The number of hydrogen-bond acceptors (Lipinski definition) is 2. The lowest BCUT2D eigenvalue weighted by molar-refractivity contribution is -0.133. The van der Waals surface area contributed by atoms with E-state index in [9.17, 15) is 9.90 Å². The van der Waals surface area contributed by atoms with E-state index in [1.807, 2.05) is 36.4 Å². The quantitative estimate of drug-likeness (QED) is 0.805. The number of rotatable bonds is 2. The number of fused-ring (bicyclic) bond motifs is 1. The van der Waals surface area contributed by atoms with Gasteiger partial charge in [-0.3, -0.25) is 4.79 Å². The molecule has 1 aliphatic rings. The molecule has 1 aliphatic heterocycles. The van der Waals surface area contributed by atoms with Crippen LogP contribution in [0, 0.1) is 3.57 Å². The van der Waals surface area contributed by atoms with Crippen LogP contribution in [-0.2, 0) is 16.8 Å². The highest BCUT2D eigenvalue weighted by Gasteiger charge is 2.44. The second kappa shape index (κ2) is 4.61. The molecule has 0 saturated heterocycles. The van der Waals surface area contributed by atoms with E-state index in [1.54, 1.807) is 12.1 Å². The minimum absolute atomic E-state index is 0.284. The highest BCUT2D eigenvalue weighted by molar-refractivity contribution is 14.1. The Bertz CT molecular complexity index is 639. The largest absolute Gasteiger partial charge is 0.375 e. The van der Waals surface area contributed by atoms with Gasteiger partial charge in [0.25, 0.3) is 5.91 Å². The maximum atomic E-state index is 12.1. The second-order valence-corrected chi connectivity index (χ2v) is 5.91. The fourth-order valence-electron chi connectivity index (χ4n) is 2.37. The predicted octanol–water partition coefficient (Wildman–Crippen LogP) is 2.67. The highest BCUT2D eigenvalue weighted by atomic mass is 127. The van der Waals surface area contributed by atoms with Crippen molar-refractivity contribution in [3.05, 3.63) is 63.2 Å². The molecule has 1 amide bonds. The molecule has 3 nitrogen and oxygen atoms in total. The van der Waals surface area contributed by atoms with Crippen molar-refractivity contribution in [3.63, 3.8) is 0 Å². The first-order chi connectivity index (χ1) is 9.09. The van der Waals surface area contributed by atoms with Crippen molar-refractivity contribution in [2.75, 3.05) is 5.32 Å². The lowest BCUT2D eigenvalue weighted by Crippen LogP contribution is -2.36. The van der Waals surface area contributed by atoms with Gasteiger partial charge in [-0.25, -0.2) is 0 Å². The zero-order valence-electron chi connectivity index (χ0n) is 10.1. The van der Waals surface area contributed by atoms with E-state index in [0.717, 1.165) is 9.13 Å². The molecular formula is C15H12INO2. The maximum absolute atomic E-state index is 12.1. The first-order valence-corrected chi connectivity index (χ1v) is 7.05. The SMILES string of the molecule is O=C1Nc2ccccc2C1(O)Cc1ccc(I)cc1. The van der Waals surface area contributed by atoms with Gasteiger partial charge in [0, 0.05) is 21.2 Å². The molecule has 2 N–H and O–H groups in total. The number of anilines is 1. The number of para-hydroxylation sites is 1. The standard InChI is InChI=1S/C15H12INO2/c16-11-7-5-10(6-8-11)9-15(19)12-3-1-2-4-13(12)17-14(15)18/h1-8,19H,9H2,(H,17,18). The van der Waals surface area contributed by atoms with Crippen LogP contribution in [0.2, 0.25) is 0 Å². The first kappa shape index (κ1) is 12.6. The Balaban J connectivity index is 1.99. The van der Waals surface area contributed by atoms with E-state index in [1.165, 1.54) is 0 Å². The highest BCUT2D eigenvalue weighted by Crippen LogP contribution is 2.38. The third-order valence-corrected chi connectivity index (χ3v) is 4.09. The zero-order valence-corrected chi connectivity index (χ0v) is 12.2. The van der Waals surface area contributed by atoms with Crippen LogP contribution >= 0.6 is 22.6 Å². The number of carbonyl (C=O) groups is 1.